The van der Waals surface area contributed by atoms with Gasteiger partial charge in [-0.05, 0) is 19.8 Å². The highest BCUT2D eigenvalue weighted by molar-refractivity contribution is 7.90. The van der Waals surface area contributed by atoms with Crippen molar-refractivity contribution in [1.29, 1.82) is 0 Å². The summed E-state index contributed by atoms with van der Waals surface area (Å²) in [6.45, 7) is 3.23. The van der Waals surface area contributed by atoms with Crippen LogP contribution < -0.4 is 0 Å². The van der Waals surface area contributed by atoms with Crippen molar-refractivity contribution in [2.45, 2.75) is 62.9 Å². The van der Waals surface area contributed by atoms with Gasteiger partial charge in [-0.2, -0.15) is 0 Å². The first-order chi connectivity index (χ1) is 11.0. The summed E-state index contributed by atoms with van der Waals surface area (Å²) in [6.07, 6.45) is 6.11. The molecule has 6 nitrogen and oxygen atoms in total. The Morgan fingerprint density at radius 3 is 2.70 bits per heavy atom. The van der Waals surface area contributed by atoms with Crippen LogP contribution >= 0.6 is 11.3 Å². The summed E-state index contributed by atoms with van der Waals surface area (Å²) in [5.41, 5.74) is 0.624. The van der Waals surface area contributed by atoms with Crippen LogP contribution in [-0.4, -0.2) is 23.6 Å². The summed E-state index contributed by atoms with van der Waals surface area (Å²) in [5, 5.41) is 9.65. The topological polar surface area (TPSA) is 86.0 Å². The molecular formula is C15H21N3O3S2. The van der Waals surface area contributed by atoms with Crippen LogP contribution in [0.1, 0.15) is 72.7 Å². The summed E-state index contributed by atoms with van der Waals surface area (Å²) >= 11 is 1.58. The van der Waals surface area contributed by atoms with E-state index in [-0.39, 0.29) is 11.6 Å². The average Bonchev–Trinajstić information content (AvgIpc) is 3.16. The first-order valence-electron chi connectivity index (χ1n) is 7.91. The molecule has 0 amide bonds. The lowest BCUT2D eigenvalue weighted by Gasteiger charge is -2.18. The predicted octanol–water partition coefficient (Wildman–Crippen LogP) is 3.56. The van der Waals surface area contributed by atoms with Crippen molar-refractivity contribution in [3.63, 3.8) is 0 Å². The highest BCUT2D eigenvalue weighted by Crippen LogP contribution is 2.35. The van der Waals surface area contributed by atoms with Gasteiger partial charge in [0.05, 0.1) is 16.5 Å². The van der Waals surface area contributed by atoms with Crippen molar-refractivity contribution in [1.82, 2.24) is 15.2 Å². The lowest BCUT2D eigenvalue weighted by molar-refractivity contribution is 0.442. The maximum atomic E-state index is 12.5. The molecule has 1 atom stereocenters. The third-order valence-electron chi connectivity index (χ3n) is 4.30. The van der Waals surface area contributed by atoms with E-state index in [1.807, 2.05) is 5.38 Å². The van der Waals surface area contributed by atoms with Crippen LogP contribution in [0.15, 0.2) is 9.80 Å². The number of nitrogens with zero attached hydrogens (tertiary/aromatic N) is 3. The standard InChI is InChI=1S/C15H21N3O3S2/c1-10(14-18-17-11(2)21-14)23(19,20)9-13-8-22-15(16-13)12-6-4-3-5-7-12/h8,10,12H,3-7,9H2,1-2H3/t10-/m0/s1. The summed E-state index contributed by atoms with van der Waals surface area (Å²) in [7, 11) is -3.42. The average molecular weight is 355 g/mol. The van der Waals surface area contributed by atoms with Crippen LogP contribution in [0.4, 0.5) is 0 Å². The van der Waals surface area contributed by atoms with Gasteiger partial charge in [-0.3, -0.25) is 0 Å². The normalized spacial score (nSPS) is 18.2. The van der Waals surface area contributed by atoms with Gasteiger partial charge in [0.1, 0.15) is 5.25 Å². The second-order valence-corrected chi connectivity index (χ2v) is 9.33. The van der Waals surface area contributed by atoms with Crippen LogP contribution in [0.5, 0.6) is 0 Å². The molecule has 0 bridgehead atoms. The number of rotatable bonds is 5. The highest BCUT2D eigenvalue weighted by atomic mass is 32.2. The molecule has 0 radical (unpaired) electrons. The molecule has 0 aliphatic heterocycles. The molecule has 0 unspecified atom stereocenters. The molecule has 0 aromatic carbocycles. The van der Waals surface area contributed by atoms with Gasteiger partial charge in [-0.25, -0.2) is 13.4 Å². The molecular weight excluding hydrogens is 334 g/mol. The largest absolute Gasteiger partial charge is 0.424 e. The second kappa shape index (κ2) is 6.68. The molecule has 1 fully saturated rings. The Bertz CT molecular complexity index is 761. The predicted molar refractivity (Wildman–Crippen MR) is 88.0 cm³/mol. The van der Waals surface area contributed by atoms with Crippen molar-refractivity contribution < 1.29 is 12.8 Å². The van der Waals surface area contributed by atoms with E-state index in [9.17, 15) is 8.42 Å². The fraction of sp³-hybridized carbons (Fsp3) is 0.667. The van der Waals surface area contributed by atoms with Crippen molar-refractivity contribution >= 4 is 21.2 Å². The van der Waals surface area contributed by atoms with E-state index in [1.165, 1.54) is 19.3 Å². The summed E-state index contributed by atoms with van der Waals surface area (Å²) in [6, 6.07) is 0. The van der Waals surface area contributed by atoms with Crippen LogP contribution in [0.3, 0.4) is 0 Å². The van der Waals surface area contributed by atoms with Crippen LogP contribution in [0.25, 0.3) is 0 Å². The zero-order valence-electron chi connectivity index (χ0n) is 13.4. The maximum Gasteiger partial charge on any atom is 0.234 e. The molecule has 23 heavy (non-hydrogen) atoms. The Balaban J connectivity index is 1.71. The van der Waals surface area contributed by atoms with Crippen LogP contribution in [0, 0.1) is 6.92 Å². The van der Waals surface area contributed by atoms with Gasteiger partial charge in [0.25, 0.3) is 0 Å². The van der Waals surface area contributed by atoms with Crippen LogP contribution in [-0.2, 0) is 15.6 Å². The molecule has 0 saturated heterocycles. The molecule has 8 heteroatoms. The van der Waals surface area contributed by atoms with E-state index in [1.54, 1.807) is 25.2 Å². The Morgan fingerprint density at radius 1 is 1.30 bits per heavy atom. The number of aryl methyl sites for hydroxylation is 1. The lowest BCUT2D eigenvalue weighted by atomic mass is 9.90. The van der Waals surface area contributed by atoms with Crippen LogP contribution in [0.2, 0.25) is 0 Å². The van der Waals surface area contributed by atoms with E-state index in [0.717, 1.165) is 17.8 Å². The minimum Gasteiger partial charge on any atom is -0.424 e. The molecule has 1 aliphatic rings. The molecule has 3 rings (SSSR count). The first kappa shape index (κ1) is 16.6. The number of aromatic nitrogens is 3. The molecule has 2 aromatic heterocycles. The first-order valence-corrected chi connectivity index (χ1v) is 10.5. The van der Waals surface area contributed by atoms with E-state index >= 15 is 0 Å². The van der Waals surface area contributed by atoms with E-state index in [2.05, 4.69) is 15.2 Å². The Labute approximate surface area is 140 Å². The summed E-state index contributed by atoms with van der Waals surface area (Å²) in [5.74, 6) is 0.931. The van der Waals surface area contributed by atoms with Crippen molar-refractivity contribution in [2.75, 3.05) is 0 Å². The summed E-state index contributed by atoms with van der Waals surface area (Å²) in [4.78, 5) is 4.57. The fourth-order valence-electron chi connectivity index (χ4n) is 2.89. The Kier molecular flexibility index (Phi) is 4.82. The van der Waals surface area contributed by atoms with Crippen molar-refractivity contribution in [3.8, 4) is 0 Å². The summed E-state index contributed by atoms with van der Waals surface area (Å²) < 4.78 is 30.3. The minimum absolute atomic E-state index is 0.0845. The minimum atomic E-state index is -3.42. The van der Waals surface area contributed by atoms with E-state index in [0.29, 0.717) is 17.5 Å². The molecule has 1 saturated carbocycles. The zero-order chi connectivity index (χ0) is 16.4. The number of hydrogen-bond acceptors (Lipinski definition) is 7. The highest BCUT2D eigenvalue weighted by Gasteiger charge is 2.29. The molecule has 1 aliphatic carbocycles. The molecule has 2 aromatic rings. The lowest BCUT2D eigenvalue weighted by Crippen LogP contribution is -2.13. The SMILES string of the molecule is Cc1nnc([C@H](C)S(=O)(=O)Cc2csc(C3CCCCC3)n2)o1. The van der Waals surface area contributed by atoms with Crippen molar-refractivity contribution in [3.05, 3.63) is 27.9 Å². The number of thiazole rings is 1. The zero-order valence-corrected chi connectivity index (χ0v) is 15.0. The van der Waals surface area contributed by atoms with Crippen molar-refractivity contribution in [2.24, 2.45) is 0 Å². The maximum absolute atomic E-state index is 12.5. The number of hydrogen-bond donors (Lipinski definition) is 0. The Morgan fingerprint density at radius 2 is 2.04 bits per heavy atom. The third-order valence-corrected chi connectivity index (χ3v) is 7.33. The van der Waals surface area contributed by atoms with Gasteiger partial charge in [0, 0.05) is 18.2 Å². The molecule has 0 N–H and O–H groups in total. The monoisotopic (exact) mass is 355 g/mol. The van der Waals surface area contributed by atoms with Gasteiger partial charge < -0.3 is 4.42 Å². The van der Waals surface area contributed by atoms with Gasteiger partial charge in [-0.15, -0.1) is 21.5 Å². The van der Waals surface area contributed by atoms with Gasteiger partial charge >= 0.3 is 0 Å². The third kappa shape index (κ3) is 3.80. The fourth-order valence-corrected chi connectivity index (χ4v) is 5.20. The molecule has 126 valence electrons. The van der Waals surface area contributed by atoms with Gasteiger partial charge in [-0.1, -0.05) is 19.3 Å². The quantitative estimate of drug-likeness (QED) is 0.815. The van der Waals surface area contributed by atoms with Gasteiger partial charge in [0.2, 0.25) is 11.8 Å². The van der Waals surface area contributed by atoms with E-state index in [4.69, 9.17) is 4.42 Å². The smallest absolute Gasteiger partial charge is 0.234 e. The second-order valence-electron chi connectivity index (χ2n) is 6.12. The number of sulfone groups is 1. The Hall–Kier alpha value is -1.28. The molecule has 2 heterocycles. The molecule has 0 spiro atoms. The van der Waals surface area contributed by atoms with Gasteiger partial charge in [0.15, 0.2) is 9.84 Å². The van der Waals surface area contributed by atoms with E-state index < -0.39 is 15.1 Å².